The highest BCUT2D eigenvalue weighted by atomic mass is 35.5. The Labute approximate surface area is 166 Å². The van der Waals surface area contributed by atoms with E-state index in [0.717, 1.165) is 23.0 Å². The fraction of sp³-hybridized carbons (Fsp3) is 0.250. The van der Waals surface area contributed by atoms with Gasteiger partial charge in [-0.15, -0.1) is 0 Å². The number of carbonyl (C=O) groups is 1. The number of para-hydroxylation sites is 1. The van der Waals surface area contributed by atoms with E-state index in [1.807, 2.05) is 24.3 Å². The Morgan fingerprint density at radius 2 is 1.89 bits per heavy atom. The Morgan fingerprint density at radius 1 is 1.19 bits per heavy atom. The van der Waals surface area contributed by atoms with E-state index in [0.29, 0.717) is 21.1 Å². The molecule has 0 unspecified atom stereocenters. The number of primary amides is 1. The van der Waals surface area contributed by atoms with Gasteiger partial charge < -0.3 is 5.73 Å². The van der Waals surface area contributed by atoms with Crippen LogP contribution in [0.25, 0.3) is 16.6 Å². The molecule has 5 nitrogen and oxygen atoms in total. The molecule has 0 saturated heterocycles. The number of benzene rings is 2. The maximum atomic E-state index is 13.3. The number of amides is 1. The minimum atomic E-state index is -0.536. The zero-order valence-electron chi connectivity index (χ0n) is 15.3. The number of fused-ring (bicyclic) bond motifs is 1. The second-order valence-electron chi connectivity index (χ2n) is 6.57. The van der Waals surface area contributed by atoms with Crippen LogP contribution >= 0.6 is 23.4 Å². The van der Waals surface area contributed by atoms with Gasteiger partial charge in [0.25, 0.3) is 5.56 Å². The van der Waals surface area contributed by atoms with Crippen molar-refractivity contribution in [1.82, 2.24) is 9.55 Å². The van der Waals surface area contributed by atoms with E-state index in [4.69, 9.17) is 17.3 Å². The highest BCUT2D eigenvalue weighted by Crippen LogP contribution is 2.29. The number of rotatable bonds is 5. The molecular formula is C20H20ClN3O2S. The van der Waals surface area contributed by atoms with Crippen molar-refractivity contribution in [1.29, 1.82) is 0 Å². The first-order valence-corrected chi connectivity index (χ1v) is 9.83. The Balaban J connectivity index is 2.36. The van der Waals surface area contributed by atoms with Crippen molar-refractivity contribution in [2.24, 2.45) is 5.73 Å². The molecule has 3 aromatic rings. The standard InChI is InChI=1S/C20H20ClN3O2S/c1-11(2)14-6-4-5-7-17(14)24-19(26)15-9-8-13(21)10-16(15)23-20(24)27-12(3)18(22)25/h4-12H,1-3H3,(H2,22,25)/t12-/m0/s1. The molecule has 0 bridgehead atoms. The first-order valence-electron chi connectivity index (χ1n) is 8.57. The summed E-state index contributed by atoms with van der Waals surface area (Å²) >= 11 is 7.24. The maximum absolute atomic E-state index is 13.3. The van der Waals surface area contributed by atoms with Gasteiger partial charge in [-0.2, -0.15) is 0 Å². The zero-order chi connectivity index (χ0) is 19.7. The third-order valence-electron chi connectivity index (χ3n) is 4.28. The van der Waals surface area contributed by atoms with E-state index in [1.165, 1.54) is 0 Å². The number of halogens is 1. The van der Waals surface area contributed by atoms with Gasteiger partial charge >= 0.3 is 0 Å². The van der Waals surface area contributed by atoms with Gasteiger partial charge in [0.1, 0.15) is 0 Å². The number of aromatic nitrogens is 2. The van der Waals surface area contributed by atoms with Crippen molar-refractivity contribution in [2.45, 2.75) is 37.1 Å². The number of hydrogen-bond acceptors (Lipinski definition) is 4. The van der Waals surface area contributed by atoms with Gasteiger partial charge in [-0.25, -0.2) is 4.98 Å². The van der Waals surface area contributed by atoms with Crippen molar-refractivity contribution in [3.8, 4) is 5.69 Å². The van der Waals surface area contributed by atoms with Gasteiger partial charge in [0, 0.05) is 5.02 Å². The lowest BCUT2D eigenvalue weighted by atomic mass is 10.0. The van der Waals surface area contributed by atoms with Crippen LogP contribution < -0.4 is 11.3 Å². The number of hydrogen-bond donors (Lipinski definition) is 1. The van der Waals surface area contributed by atoms with Crippen LogP contribution in [0.1, 0.15) is 32.3 Å². The summed E-state index contributed by atoms with van der Waals surface area (Å²) < 4.78 is 1.57. The fourth-order valence-corrected chi connectivity index (χ4v) is 3.86. The molecule has 0 fully saturated rings. The molecule has 0 aliphatic rings. The molecule has 0 aliphatic carbocycles. The van der Waals surface area contributed by atoms with Crippen LogP contribution in [0.5, 0.6) is 0 Å². The molecule has 0 spiro atoms. The molecule has 27 heavy (non-hydrogen) atoms. The van der Waals surface area contributed by atoms with Gasteiger partial charge in [-0.1, -0.05) is 55.4 Å². The van der Waals surface area contributed by atoms with E-state index in [-0.39, 0.29) is 11.5 Å². The average molecular weight is 402 g/mol. The second-order valence-corrected chi connectivity index (χ2v) is 8.32. The van der Waals surface area contributed by atoms with E-state index in [2.05, 4.69) is 18.8 Å². The summed E-state index contributed by atoms with van der Waals surface area (Å²) in [5, 5.41) is 0.836. The Morgan fingerprint density at radius 3 is 2.56 bits per heavy atom. The van der Waals surface area contributed by atoms with Gasteiger partial charge in [0.2, 0.25) is 5.91 Å². The summed E-state index contributed by atoms with van der Waals surface area (Å²) in [5.74, 6) is -0.260. The highest BCUT2D eigenvalue weighted by molar-refractivity contribution is 8.00. The molecule has 0 aliphatic heterocycles. The average Bonchev–Trinajstić information content (AvgIpc) is 2.61. The molecular weight excluding hydrogens is 382 g/mol. The molecule has 1 heterocycles. The summed E-state index contributed by atoms with van der Waals surface area (Å²) in [6.07, 6.45) is 0. The van der Waals surface area contributed by atoms with Gasteiger partial charge in [0.05, 0.1) is 21.8 Å². The van der Waals surface area contributed by atoms with Crippen molar-refractivity contribution in [2.75, 3.05) is 0 Å². The molecule has 0 saturated carbocycles. The number of carbonyl (C=O) groups excluding carboxylic acids is 1. The van der Waals surface area contributed by atoms with E-state index in [9.17, 15) is 9.59 Å². The summed E-state index contributed by atoms with van der Waals surface area (Å²) in [7, 11) is 0. The van der Waals surface area contributed by atoms with Crippen LogP contribution in [0, 0.1) is 0 Å². The Hall–Kier alpha value is -2.31. The van der Waals surface area contributed by atoms with E-state index < -0.39 is 11.2 Å². The first kappa shape index (κ1) is 19.5. The van der Waals surface area contributed by atoms with Crippen LogP contribution in [0.15, 0.2) is 52.4 Å². The van der Waals surface area contributed by atoms with Crippen molar-refractivity contribution >= 4 is 40.2 Å². The molecule has 1 atom stereocenters. The van der Waals surface area contributed by atoms with Crippen molar-refractivity contribution in [3.63, 3.8) is 0 Å². The third kappa shape index (κ3) is 3.87. The highest BCUT2D eigenvalue weighted by Gasteiger charge is 2.20. The first-order chi connectivity index (χ1) is 12.8. The number of nitrogens with zero attached hydrogens (tertiary/aromatic N) is 2. The second kappa shape index (κ2) is 7.74. The van der Waals surface area contributed by atoms with E-state index in [1.54, 1.807) is 29.7 Å². The quantitative estimate of drug-likeness (QED) is 0.515. The largest absolute Gasteiger partial charge is 0.369 e. The van der Waals surface area contributed by atoms with Gasteiger partial charge in [0.15, 0.2) is 5.16 Å². The number of thioether (sulfide) groups is 1. The van der Waals surface area contributed by atoms with Gasteiger partial charge in [-0.3, -0.25) is 14.2 Å². The molecule has 1 aromatic heterocycles. The molecule has 7 heteroatoms. The van der Waals surface area contributed by atoms with Crippen molar-refractivity contribution < 1.29 is 4.79 Å². The minimum absolute atomic E-state index is 0.205. The van der Waals surface area contributed by atoms with E-state index >= 15 is 0 Å². The monoisotopic (exact) mass is 401 g/mol. The third-order valence-corrected chi connectivity index (χ3v) is 5.59. The molecule has 2 N–H and O–H groups in total. The summed E-state index contributed by atoms with van der Waals surface area (Å²) in [6, 6.07) is 12.7. The van der Waals surface area contributed by atoms with Crippen LogP contribution in [-0.4, -0.2) is 20.7 Å². The summed E-state index contributed by atoms with van der Waals surface area (Å²) in [5.41, 5.74) is 7.48. The van der Waals surface area contributed by atoms with Crippen LogP contribution in [0.2, 0.25) is 5.02 Å². The lowest BCUT2D eigenvalue weighted by Crippen LogP contribution is -2.27. The predicted octanol–water partition coefficient (Wildman–Crippen LogP) is 4.13. The molecule has 2 aromatic carbocycles. The lowest BCUT2D eigenvalue weighted by Gasteiger charge is -2.19. The smallest absolute Gasteiger partial charge is 0.266 e. The fourth-order valence-electron chi connectivity index (χ4n) is 2.83. The zero-order valence-corrected chi connectivity index (χ0v) is 16.8. The molecule has 1 amide bonds. The van der Waals surface area contributed by atoms with Crippen LogP contribution in [-0.2, 0) is 4.79 Å². The normalized spacial score (nSPS) is 12.5. The molecule has 140 valence electrons. The lowest BCUT2D eigenvalue weighted by molar-refractivity contribution is -0.117. The Bertz CT molecular complexity index is 1080. The summed E-state index contributed by atoms with van der Waals surface area (Å²) in [6.45, 7) is 5.83. The summed E-state index contributed by atoms with van der Waals surface area (Å²) in [4.78, 5) is 29.6. The minimum Gasteiger partial charge on any atom is -0.369 e. The molecule has 3 rings (SSSR count). The van der Waals surface area contributed by atoms with Crippen LogP contribution in [0.4, 0.5) is 0 Å². The maximum Gasteiger partial charge on any atom is 0.266 e. The van der Waals surface area contributed by atoms with Crippen LogP contribution in [0.3, 0.4) is 0 Å². The predicted molar refractivity (Wildman–Crippen MR) is 111 cm³/mol. The van der Waals surface area contributed by atoms with Gasteiger partial charge in [-0.05, 0) is 42.7 Å². The topological polar surface area (TPSA) is 78.0 Å². The molecule has 0 radical (unpaired) electrons. The SMILES string of the molecule is CC(C)c1ccccc1-n1c(S[C@@H](C)C(N)=O)nc2cc(Cl)ccc2c1=O. The van der Waals surface area contributed by atoms with Crippen molar-refractivity contribution in [3.05, 3.63) is 63.4 Å². The Kier molecular flexibility index (Phi) is 5.58. The number of nitrogens with two attached hydrogens (primary N) is 1.